The number of hydroxylamine groups is 1. The lowest BCUT2D eigenvalue weighted by Crippen LogP contribution is -2.51. The SMILES string of the molecule is C=CCC1([C@H](NCc2ccc(C=CC(=O)NO)cc2)C(=O)O)CCCCC1. The number of carbonyl (C=O) groups is 2. The Balaban J connectivity index is 2.05. The Morgan fingerprint density at radius 2 is 1.85 bits per heavy atom. The second-order valence-corrected chi connectivity index (χ2v) is 7.12. The molecule has 1 aliphatic rings. The van der Waals surface area contributed by atoms with Crippen molar-refractivity contribution in [3.8, 4) is 0 Å². The fourth-order valence-corrected chi connectivity index (χ4v) is 3.90. The van der Waals surface area contributed by atoms with Gasteiger partial charge in [-0.2, -0.15) is 0 Å². The summed E-state index contributed by atoms with van der Waals surface area (Å²) in [5, 5.41) is 21.5. The summed E-state index contributed by atoms with van der Waals surface area (Å²) in [6.45, 7) is 4.29. The number of carboxylic acids is 1. The van der Waals surface area contributed by atoms with Gasteiger partial charge >= 0.3 is 5.97 Å². The molecule has 2 rings (SSSR count). The van der Waals surface area contributed by atoms with Crippen molar-refractivity contribution in [2.45, 2.75) is 51.1 Å². The second-order valence-electron chi connectivity index (χ2n) is 7.12. The lowest BCUT2D eigenvalue weighted by Gasteiger charge is -2.41. The Morgan fingerprint density at radius 3 is 2.41 bits per heavy atom. The first-order valence-electron chi connectivity index (χ1n) is 9.29. The van der Waals surface area contributed by atoms with Gasteiger partial charge < -0.3 is 5.11 Å². The summed E-state index contributed by atoms with van der Waals surface area (Å²) in [6, 6.07) is 6.86. The summed E-state index contributed by atoms with van der Waals surface area (Å²) in [6.07, 6.45) is 10.4. The fraction of sp³-hybridized carbons (Fsp3) is 0.429. The number of carbonyl (C=O) groups excluding carboxylic acids is 1. The van der Waals surface area contributed by atoms with Crippen LogP contribution in [0.4, 0.5) is 0 Å². The molecule has 1 fully saturated rings. The first-order chi connectivity index (χ1) is 13.0. The van der Waals surface area contributed by atoms with Crippen LogP contribution in [0, 0.1) is 5.41 Å². The molecule has 6 nitrogen and oxygen atoms in total. The third-order valence-corrected chi connectivity index (χ3v) is 5.29. The average Bonchev–Trinajstić information content (AvgIpc) is 2.67. The Labute approximate surface area is 159 Å². The van der Waals surface area contributed by atoms with Gasteiger partial charge in [0.25, 0.3) is 5.91 Å². The van der Waals surface area contributed by atoms with Crippen LogP contribution in [0.3, 0.4) is 0 Å². The number of allylic oxidation sites excluding steroid dienone is 1. The van der Waals surface area contributed by atoms with Crippen LogP contribution < -0.4 is 10.8 Å². The van der Waals surface area contributed by atoms with Crippen LogP contribution >= 0.6 is 0 Å². The van der Waals surface area contributed by atoms with Gasteiger partial charge in [0.15, 0.2) is 0 Å². The zero-order valence-electron chi connectivity index (χ0n) is 15.5. The lowest BCUT2D eigenvalue weighted by atomic mass is 9.67. The Bertz CT molecular complexity index is 676. The number of hydrogen-bond donors (Lipinski definition) is 4. The molecule has 0 radical (unpaired) electrons. The maximum Gasteiger partial charge on any atom is 0.321 e. The second kappa shape index (κ2) is 10.0. The van der Waals surface area contributed by atoms with Crippen molar-refractivity contribution in [1.82, 2.24) is 10.8 Å². The molecule has 1 aliphatic carbocycles. The van der Waals surface area contributed by atoms with Crippen molar-refractivity contribution in [3.05, 3.63) is 54.1 Å². The van der Waals surface area contributed by atoms with Gasteiger partial charge in [0.1, 0.15) is 6.04 Å². The number of aliphatic carboxylic acids is 1. The molecule has 0 unspecified atom stereocenters. The van der Waals surface area contributed by atoms with E-state index in [9.17, 15) is 14.7 Å². The molecule has 1 aromatic rings. The monoisotopic (exact) mass is 372 g/mol. The van der Waals surface area contributed by atoms with E-state index < -0.39 is 17.9 Å². The normalized spacial score (nSPS) is 17.4. The van der Waals surface area contributed by atoms with Crippen molar-refractivity contribution in [2.75, 3.05) is 0 Å². The van der Waals surface area contributed by atoms with E-state index in [-0.39, 0.29) is 5.41 Å². The van der Waals surface area contributed by atoms with E-state index in [1.54, 1.807) is 6.08 Å². The van der Waals surface area contributed by atoms with Crippen LogP contribution in [-0.2, 0) is 16.1 Å². The molecule has 146 valence electrons. The minimum atomic E-state index is -0.812. The lowest BCUT2D eigenvalue weighted by molar-refractivity contribution is -0.144. The maximum atomic E-state index is 12.0. The number of benzene rings is 1. The summed E-state index contributed by atoms with van der Waals surface area (Å²) < 4.78 is 0. The Kier molecular flexibility index (Phi) is 7.76. The van der Waals surface area contributed by atoms with E-state index >= 15 is 0 Å². The van der Waals surface area contributed by atoms with Gasteiger partial charge in [0, 0.05) is 12.6 Å². The average molecular weight is 372 g/mol. The Morgan fingerprint density at radius 1 is 1.19 bits per heavy atom. The molecular weight excluding hydrogens is 344 g/mol. The molecule has 1 amide bonds. The van der Waals surface area contributed by atoms with Gasteiger partial charge in [-0.3, -0.25) is 20.1 Å². The summed E-state index contributed by atoms with van der Waals surface area (Å²) in [5.74, 6) is -1.40. The quantitative estimate of drug-likeness (QED) is 0.231. The third-order valence-electron chi connectivity index (χ3n) is 5.29. The number of amides is 1. The molecule has 0 aliphatic heterocycles. The molecule has 1 aromatic carbocycles. The number of carboxylic acid groups (broad SMARTS) is 1. The standard InChI is InChI=1S/C21H28N2O4/c1-2-12-21(13-4-3-5-14-21)19(20(25)26)22-15-17-8-6-16(7-9-17)10-11-18(24)23-27/h2,6-11,19,22,27H,1,3-5,12-15H2,(H,23,24)(H,25,26)/t19-/m1/s1. The van der Waals surface area contributed by atoms with Crippen LogP contribution in [0.25, 0.3) is 6.08 Å². The highest BCUT2D eigenvalue weighted by Gasteiger charge is 2.42. The largest absolute Gasteiger partial charge is 0.480 e. The molecule has 0 bridgehead atoms. The van der Waals surface area contributed by atoms with E-state index in [2.05, 4.69) is 11.9 Å². The summed E-state index contributed by atoms with van der Waals surface area (Å²) in [5.41, 5.74) is 3.04. The first kappa shape index (κ1) is 20.9. The fourth-order valence-electron chi connectivity index (χ4n) is 3.90. The van der Waals surface area contributed by atoms with Crippen LogP contribution in [0.15, 0.2) is 43.0 Å². The molecule has 0 spiro atoms. The maximum absolute atomic E-state index is 12.0. The number of nitrogens with one attached hydrogen (secondary N) is 2. The zero-order valence-corrected chi connectivity index (χ0v) is 15.5. The molecular formula is C21H28N2O4. The molecule has 0 heterocycles. The number of hydrogen-bond acceptors (Lipinski definition) is 4. The van der Waals surface area contributed by atoms with E-state index in [0.717, 1.165) is 43.2 Å². The minimum absolute atomic E-state index is 0.272. The van der Waals surface area contributed by atoms with Crippen LogP contribution in [0.1, 0.15) is 49.7 Å². The molecule has 0 aromatic heterocycles. The molecule has 1 atom stereocenters. The van der Waals surface area contributed by atoms with Gasteiger partial charge in [0.05, 0.1) is 0 Å². The van der Waals surface area contributed by atoms with E-state index in [0.29, 0.717) is 13.0 Å². The summed E-state index contributed by atoms with van der Waals surface area (Å²) in [7, 11) is 0. The van der Waals surface area contributed by atoms with Crippen LogP contribution in [0.2, 0.25) is 0 Å². The van der Waals surface area contributed by atoms with Crippen molar-refractivity contribution in [2.24, 2.45) is 5.41 Å². The van der Waals surface area contributed by atoms with Crippen molar-refractivity contribution in [3.63, 3.8) is 0 Å². The zero-order chi connectivity index (χ0) is 19.7. The van der Waals surface area contributed by atoms with Crippen LogP contribution in [0.5, 0.6) is 0 Å². The van der Waals surface area contributed by atoms with E-state index in [4.69, 9.17) is 5.21 Å². The highest BCUT2D eigenvalue weighted by Crippen LogP contribution is 2.42. The molecule has 1 saturated carbocycles. The summed E-state index contributed by atoms with van der Waals surface area (Å²) in [4.78, 5) is 23.0. The third kappa shape index (κ3) is 5.77. The molecule has 4 N–H and O–H groups in total. The highest BCUT2D eigenvalue weighted by molar-refractivity contribution is 5.90. The highest BCUT2D eigenvalue weighted by atomic mass is 16.5. The molecule has 6 heteroatoms. The topological polar surface area (TPSA) is 98.7 Å². The smallest absolute Gasteiger partial charge is 0.321 e. The molecule has 0 saturated heterocycles. The van der Waals surface area contributed by atoms with E-state index in [1.165, 1.54) is 11.6 Å². The minimum Gasteiger partial charge on any atom is -0.480 e. The van der Waals surface area contributed by atoms with Gasteiger partial charge in [-0.15, -0.1) is 6.58 Å². The van der Waals surface area contributed by atoms with Gasteiger partial charge in [-0.1, -0.05) is 49.6 Å². The molecule has 27 heavy (non-hydrogen) atoms. The van der Waals surface area contributed by atoms with E-state index in [1.807, 2.05) is 30.3 Å². The van der Waals surface area contributed by atoms with Gasteiger partial charge in [-0.25, -0.2) is 5.48 Å². The van der Waals surface area contributed by atoms with Crippen molar-refractivity contribution >= 4 is 18.0 Å². The van der Waals surface area contributed by atoms with Crippen LogP contribution in [-0.4, -0.2) is 28.2 Å². The predicted octanol–water partition coefficient (Wildman–Crippen LogP) is 3.27. The van der Waals surface area contributed by atoms with Crippen molar-refractivity contribution < 1.29 is 19.9 Å². The summed E-state index contributed by atoms with van der Waals surface area (Å²) >= 11 is 0. The van der Waals surface area contributed by atoms with Crippen molar-refractivity contribution in [1.29, 1.82) is 0 Å². The van der Waals surface area contributed by atoms with Gasteiger partial charge in [0.2, 0.25) is 0 Å². The predicted molar refractivity (Wildman–Crippen MR) is 104 cm³/mol. The number of rotatable bonds is 9. The Hall–Kier alpha value is -2.44. The first-order valence-corrected chi connectivity index (χ1v) is 9.29. The van der Waals surface area contributed by atoms with Gasteiger partial charge in [-0.05, 0) is 41.9 Å².